The van der Waals surface area contributed by atoms with Crippen molar-refractivity contribution in [1.82, 2.24) is 19.5 Å². The molecule has 0 unspecified atom stereocenters. The molecular weight excluding hydrogens is 522 g/mol. The Balaban J connectivity index is 1.71. The number of hydrogen-bond donors (Lipinski definition) is 3. The summed E-state index contributed by atoms with van der Waals surface area (Å²) in [6.45, 7) is 4.34. The third-order valence-electron chi connectivity index (χ3n) is 6.69. The zero-order valence-electron chi connectivity index (χ0n) is 21.5. The van der Waals surface area contributed by atoms with Crippen molar-refractivity contribution in [3.63, 3.8) is 0 Å². The summed E-state index contributed by atoms with van der Waals surface area (Å²) in [7, 11) is 0. The molecule has 11 heteroatoms. The van der Waals surface area contributed by atoms with Crippen LogP contribution in [0.3, 0.4) is 0 Å². The molecule has 1 aliphatic carbocycles. The summed E-state index contributed by atoms with van der Waals surface area (Å²) in [6.07, 6.45) is 2.04. The first-order chi connectivity index (χ1) is 18.7. The van der Waals surface area contributed by atoms with Gasteiger partial charge in [-0.3, -0.25) is 4.79 Å². The van der Waals surface area contributed by atoms with E-state index in [1.807, 2.05) is 35.8 Å². The number of nitrogens with one attached hydrogen (secondary N) is 1. The van der Waals surface area contributed by atoms with Crippen LogP contribution < -0.4 is 10.1 Å². The second-order valence-electron chi connectivity index (χ2n) is 9.78. The molecule has 0 aliphatic heterocycles. The quantitative estimate of drug-likeness (QED) is 0.228. The highest BCUT2D eigenvalue weighted by atomic mass is 35.5. The molecule has 1 atom stereocenters. The van der Waals surface area contributed by atoms with Crippen molar-refractivity contribution in [2.24, 2.45) is 5.92 Å². The lowest BCUT2D eigenvalue weighted by Gasteiger charge is -2.17. The normalized spacial score (nSPS) is 13.8. The number of aliphatic carboxylic acids is 1. The lowest BCUT2D eigenvalue weighted by Crippen LogP contribution is -2.20. The van der Waals surface area contributed by atoms with Gasteiger partial charge in [0.15, 0.2) is 11.5 Å². The van der Waals surface area contributed by atoms with Crippen LogP contribution in [0.5, 0.6) is 5.75 Å². The van der Waals surface area contributed by atoms with Crippen LogP contribution >= 0.6 is 11.6 Å². The number of nitrogens with zero attached hydrogens (tertiary/aromatic N) is 4. The number of hydrogen-bond acceptors (Lipinski definition) is 7. The zero-order valence-corrected chi connectivity index (χ0v) is 22.3. The molecule has 39 heavy (non-hydrogen) atoms. The largest absolute Gasteiger partial charge is 0.492 e. The van der Waals surface area contributed by atoms with E-state index in [0.717, 1.165) is 24.0 Å². The van der Waals surface area contributed by atoms with Gasteiger partial charge in [-0.05, 0) is 62.4 Å². The number of fused-ring (bicyclic) bond motifs is 1. The summed E-state index contributed by atoms with van der Waals surface area (Å²) in [4.78, 5) is 36.5. The molecule has 202 valence electrons. The summed E-state index contributed by atoms with van der Waals surface area (Å²) in [5.74, 6) is -0.726. The van der Waals surface area contributed by atoms with Gasteiger partial charge in [-0.15, -0.1) is 0 Å². The van der Waals surface area contributed by atoms with Gasteiger partial charge in [0.2, 0.25) is 5.82 Å². The summed E-state index contributed by atoms with van der Waals surface area (Å²) in [6, 6.07) is 13.1. The number of anilines is 1. The number of imidazole rings is 1. The molecule has 1 fully saturated rings. The Morgan fingerprint density at radius 3 is 2.54 bits per heavy atom. The minimum absolute atomic E-state index is 0.0164. The predicted octanol–water partition coefficient (Wildman–Crippen LogP) is 5.27. The van der Waals surface area contributed by atoms with Crippen LogP contribution in [-0.2, 0) is 11.3 Å². The van der Waals surface area contributed by atoms with Gasteiger partial charge in [0.25, 0.3) is 0 Å². The van der Waals surface area contributed by atoms with E-state index in [1.54, 1.807) is 18.2 Å². The lowest BCUT2D eigenvalue weighted by atomic mass is 10.1. The van der Waals surface area contributed by atoms with Gasteiger partial charge in [0.05, 0.1) is 18.6 Å². The molecule has 3 N–H and O–H groups in total. The van der Waals surface area contributed by atoms with Crippen molar-refractivity contribution in [3.8, 4) is 17.1 Å². The van der Waals surface area contributed by atoms with Crippen LogP contribution in [0.25, 0.3) is 22.6 Å². The van der Waals surface area contributed by atoms with Crippen LogP contribution in [0.15, 0.2) is 42.5 Å². The Bertz CT molecular complexity index is 1550. The lowest BCUT2D eigenvalue weighted by molar-refractivity contribution is -0.137. The summed E-state index contributed by atoms with van der Waals surface area (Å²) < 4.78 is 7.81. The first-order valence-electron chi connectivity index (χ1n) is 12.7. The SMILES string of the molecule is Cc1ccc(OCCC(=O)O)c(-c2nc3nc(C(=O)O)nc(N[C@H](C)C4CC4)c3n2Cc2ccc(Cl)cc2)c1. The maximum Gasteiger partial charge on any atom is 0.374 e. The second kappa shape index (κ2) is 10.9. The number of carboxylic acid groups (broad SMARTS) is 2. The number of aryl methyl sites for hydroxylation is 1. The van der Waals surface area contributed by atoms with Gasteiger partial charge in [0.1, 0.15) is 17.1 Å². The smallest absolute Gasteiger partial charge is 0.374 e. The number of aromatic carboxylic acids is 1. The highest BCUT2D eigenvalue weighted by Gasteiger charge is 2.30. The molecule has 2 aromatic carbocycles. The van der Waals surface area contributed by atoms with Crippen molar-refractivity contribution in [1.29, 1.82) is 0 Å². The number of carboxylic acids is 2. The minimum atomic E-state index is -1.25. The summed E-state index contributed by atoms with van der Waals surface area (Å²) in [5, 5.41) is 22.8. The minimum Gasteiger partial charge on any atom is -0.492 e. The van der Waals surface area contributed by atoms with Gasteiger partial charge >= 0.3 is 11.9 Å². The molecule has 0 amide bonds. The topological polar surface area (TPSA) is 139 Å². The fraction of sp³-hybridized carbons (Fsp3) is 0.321. The average Bonchev–Trinajstić information content (AvgIpc) is 3.68. The average molecular weight is 550 g/mol. The molecule has 10 nitrogen and oxygen atoms in total. The van der Waals surface area contributed by atoms with E-state index in [2.05, 4.69) is 22.2 Å². The van der Waals surface area contributed by atoms with Crippen LogP contribution in [0, 0.1) is 12.8 Å². The van der Waals surface area contributed by atoms with Gasteiger partial charge < -0.3 is 24.8 Å². The zero-order chi connectivity index (χ0) is 27.7. The molecule has 2 heterocycles. The summed E-state index contributed by atoms with van der Waals surface area (Å²) in [5.41, 5.74) is 3.30. The molecule has 0 bridgehead atoms. The molecule has 0 saturated heterocycles. The highest BCUT2D eigenvalue weighted by molar-refractivity contribution is 6.30. The number of ether oxygens (including phenoxy) is 1. The molecule has 5 rings (SSSR count). The van der Waals surface area contributed by atoms with Crippen molar-refractivity contribution in [2.45, 2.75) is 45.7 Å². The number of aromatic nitrogens is 4. The molecule has 0 radical (unpaired) electrons. The second-order valence-corrected chi connectivity index (χ2v) is 10.2. The Kier molecular flexibility index (Phi) is 7.38. The fourth-order valence-corrected chi connectivity index (χ4v) is 4.61. The number of benzene rings is 2. The van der Waals surface area contributed by atoms with Crippen LogP contribution in [-0.4, -0.2) is 54.3 Å². The standard InChI is InChI=1S/C28H28ClN5O5/c1-15-3-10-21(39-12-11-22(35)36)20(13-15)27-33-25-23(34(27)14-17-4-8-19(29)9-5-17)24(30-16(2)18-6-7-18)31-26(32-25)28(37)38/h3-5,8-10,13,16,18H,6-7,11-12,14H2,1-2H3,(H,35,36)(H,37,38)(H,30,31,32)/t16-/m1/s1. The molecular formula is C28H28ClN5O5. The number of rotatable bonds is 11. The maximum absolute atomic E-state index is 11.9. The fourth-order valence-electron chi connectivity index (χ4n) is 4.49. The van der Waals surface area contributed by atoms with Crippen LogP contribution in [0.2, 0.25) is 5.02 Å². The maximum atomic E-state index is 11.9. The first kappa shape index (κ1) is 26.4. The third kappa shape index (κ3) is 5.96. The Morgan fingerprint density at radius 1 is 1.13 bits per heavy atom. The van der Waals surface area contributed by atoms with Crippen LogP contribution in [0.1, 0.15) is 47.9 Å². The molecule has 4 aromatic rings. The molecule has 1 aliphatic rings. The van der Waals surface area contributed by atoms with Gasteiger partial charge in [-0.2, -0.15) is 0 Å². The van der Waals surface area contributed by atoms with E-state index in [1.165, 1.54) is 0 Å². The van der Waals surface area contributed by atoms with E-state index >= 15 is 0 Å². The van der Waals surface area contributed by atoms with E-state index in [4.69, 9.17) is 26.4 Å². The van der Waals surface area contributed by atoms with Crippen LogP contribution in [0.4, 0.5) is 5.82 Å². The number of halogens is 1. The van der Waals surface area contributed by atoms with Gasteiger partial charge in [-0.25, -0.2) is 19.7 Å². The molecule has 0 spiro atoms. The van der Waals surface area contributed by atoms with Crippen molar-refractivity contribution in [3.05, 3.63) is 64.4 Å². The van der Waals surface area contributed by atoms with E-state index in [-0.39, 0.29) is 30.5 Å². The van der Waals surface area contributed by atoms with Crippen molar-refractivity contribution >= 4 is 40.5 Å². The van der Waals surface area contributed by atoms with E-state index in [0.29, 0.717) is 46.0 Å². The van der Waals surface area contributed by atoms with E-state index < -0.39 is 11.9 Å². The first-order valence-corrected chi connectivity index (χ1v) is 13.1. The Hall–Kier alpha value is -4.18. The Morgan fingerprint density at radius 2 is 1.87 bits per heavy atom. The van der Waals surface area contributed by atoms with Gasteiger partial charge in [0, 0.05) is 17.6 Å². The van der Waals surface area contributed by atoms with Gasteiger partial charge in [-0.1, -0.05) is 35.4 Å². The predicted molar refractivity (Wildman–Crippen MR) is 147 cm³/mol. The molecule has 1 saturated carbocycles. The highest BCUT2D eigenvalue weighted by Crippen LogP contribution is 2.37. The monoisotopic (exact) mass is 549 g/mol. The Labute approximate surface area is 229 Å². The third-order valence-corrected chi connectivity index (χ3v) is 6.94. The van der Waals surface area contributed by atoms with Crippen molar-refractivity contribution in [2.75, 3.05) is 11.9 Å². The van der Waals surface area contributed by atoms with Crippen molar-refractivity contribution < 1.29 is 24.5 Å². The number of carbonyl (C=O) groups is 2. The summed E-state index contributed by atoms with van der Waals surface area (Å²) >= 11 is 6.13. The van der Waals surface area contributed by atoms with E-state index in [9.17, 15) is 14.7 Å². The molecule has 2 aromatic heterocycles.